The Labute approximate surface area is 246 Å². The number of piperidine rings is 1. The van der Waals surface area contributed by atoms with Crippen LogP contribution in [-0.2, 0) is 30.1 Å². The average molecular weight is 598 g/mol. The van der Waals surface area contributed by atoms with Crippen LogP contribution in [0.5, 0.6) is 5.88 Å². The molecule has 0 saturated carbocycles. The van der Waals surface area contributed by atoms with E-state index in [4.69, 9.17) is 9.47 Å². The van der Waals surface area contributed by atoms with Crippen LogP contribution in [0, 0.1) is 17.2 Å². The fourth-order valence-electron chi connectivity index (χ4n) is 4.40. The SMILES string of the molecule is C=CCN(C(=O)C1CCN(c2nc(OCC(=O)N(C)C)c(C(=O)OCC)cc2C#N)CC1)S(=O)(=O)Cc1ccccc1. The average Bonchev–Trinajstić information content (AvgIpc) is 2.98. The predicted molar refractivity (Wildman–Crippen MR) is 155 cm³/mol. The molecule has 0 bridgehead atoms. The summed E-state index contributed by atoms with van der Waals surface area (Å²) in [7, 11) is -0.834. The molecule has 2 heterocycles. The van der Waals surface area contributed by atoms with Gasteiger partial charge in [0.25, 0.3) is 5.91 Å². The van der Waals surface area contributed by atoms with Crippen LogP contribution < -0.4 is 9.64 Å². The summed E-state index contributed by atoms with van der Waals surface area (Å²) in [6.45, 7) is 5.39. The van der Waals surface area contributed by atoms with Gasteiger partial charge in [0, 0.05) is 33.1 Å². The van der Waals surface area contributed by atoms with E-state index in [0.29, 0.717) is 18.4 Å². The Morgan fingerprint density at radius 1 is 1.19 bits per heavy atom. The van der Waals surface area contributed by atoms with Crippen molar-refractivity contribution in [3.05, 3.63) is 65.7 Å². The van der Waals surface area contributed by atoms with Crippen molar-refractivity contribution in [2.45, 2.75) is 25.5 Å². The maximum atomic E-state index is 13.4. The molecule has 2 aromatic rings. The van der Waals surface area contributed by atoms with E-state index in [-0.39, 0.29) is 67.3 Å². The molecule has 1 aliphatic heterocycles. The van der Waals surface area contributed by atoms with Crippen molar-refractivity contribution in [1.82, 2.24) is 14.2 Å². The van der Waals surface area contributed by atoms with Crippen LogP contribution in [0.4, 0.5) is 5.82 Å². The van der Waals surface area contributed by atoms with Crippen LogP contribution >= 0.6 is 0 Å². The van der Waals surface area contributed by atoms with Gasteiger partial charge in [-0.15, -0.1) is 6.58 Å². The monoisotopic (exact) mass is 597 g/mol. The number of pyridine rings is 1. The molecule has 0 N–H and O–H groups in total. The number of carbonyl (C=O) groups is 3. The van der Waals surface area contributed by atoms with Crippen molar-refractivity contribution in [1.29, 1.82) is 5.26 Å². The molecule has 1 aromatic carbocycles. The van der Waals surface area contributed by atoms with Crippen molar-refractivity contribution in [2.75, 3.05) is 51.8 Å². The van der Waals surface area contributed by atoms with E-state index in [9.17, 15) is 28.1 Å². The highest BCUT2D eigenvalue weighted by atomic mass is 32.2. The molecule has 0 unspecified atom stereocenters. The third-order valence-corrected chi connectivity index (χ3v) is 8.33. The molecule has 1 aliphatic rings. The number of ether oxygens (including phenoxy) is 2. The zero-order chi connectivity index (χ0) is 30.9. The van der Waals surface area contributed by atoms with Gasteiger partial charge in [-0.1, -0.05) is 36.4 Å². The minimum absolute atomic E-state index is 0.0857. The lowest BCUT2D eigenvalue weighted by Gasteiger charge is -2.34. The molecule has 0 atom stereocenters. The molecular formula is C29H35N5O7S. The molecule has 13 heteroatoms. The van der Waals surface area contributed by atoms with E-state index in [1.54, 1.807) is 56.3 Å². The van der Waals surface area contributed by atoms with E-state index < -0.39 is 27.8 Å². The highest BCUT2D eigenvalue weighted by Crippen LogP contribution is 2.31. The Balaban J connectivity index is 1.82. The summed E-state index contributed by atoms with van der Waals surface area (Å²) in [5, 5.41) is 9.84. The van der Waals surface area contributed by atoms with E-state index in [0.717, 1.165) is 4.31 Å². The standard InChI is InChI=1S/C29H35N5O7S/c1-5-14-34(42(38,39)20-21-10-8-7-9-11-21)28(36)22-12-15-33(16-13-22)26-23(18-30)17-24(29(37)40-6-2)27(31-26)41-19-25(35)32(3)4/h5,7-11,17,22H,1,6,12-16,19-20H2,2-4H3. The van der Waals surface area contributed by atoms with Crippen molar-refractivity contribution >= 4 is 33.6 Å². The van der Waals surface area contributed by atoms with Crippen LogP contribution in [0.1, 0.15) is 41.3 Å². The molecule has 2 amide bonds. The molecule has 12 nitrogen and oxygen atoms in total. The minimum atomic E-state index is -3.95. The van der Waals surface area contributed by atoms with Gasteiger partial charge in [0.1, 0.15) is 11.6 Å². The Morgan fingerprint density at radius 3 is 2.43 bits per heavy atom. The summed E-state index contributed by atoms with van der Waals surface area (Å²) in [6.07, 6.45) is 1.98. The molecule has 0 spiro atoms. The highest BCUT2D eigenvalue weighted by molar-refractivity contribution is 7.88. The number of nitriles is 1. The number of sulfonamides is 1. The third-order valence-electron chi connectivity index (χ3n) is 6.63. The van der Waals surface area contributed by atoms with Crippen LogP contribution in [0.2, 0.25) is 0 Å². The Bertz CT molecular complexity index is 1450. The van der Waals surface area contributed by atoms with Gasteiger partial charge in [0.2, 0.25) is 21.8 Å². The summed E-state index contributed by atoms with van der Waals surface area (Å²) >= 11 is 0. The summed E-state index contributed by atoms with van der Waals surface area (Å²) in [5.41, 5.74) is 0.575. The molecule has 0 aliphatic carbocycles. The zero-order valence-electron chi connectivity index (χ0n) is 24.0. The number of hydrogen-bond acceptors (Lipinski definition) is 10. The van der Waals surface area contributed by atoms with E-state index in [1.165, 1.54) is 17.0 Å². The second-order valence-electron chi connectivity index (χ2n) is 9.78. The number of rotatable bonds is 12. The first kappa shape index (κ1) is 32.1. The minimum Gasteiger partial charge on any atom is -0.467 e. The second kappa shape index (κ2) is 14.5. The first-order chi connectivity index (χ1) is 20.0. The number of nitrogens with zero attached hydrogens (tertiary/aromatic N) is 5. The molecule has 42 heavy (non-hydrogen) atoms. The molecule has 3 rings (SSSR count). The molecular weight excluding hydrogens is 562 g/mol. The normalized spacial score (nSPS) is 13.5. The maximum absolute atomic E-state index is 13.4. The Hall–Kier alpha value is -4.44. The maximum Gasteiger partial charge on any atom is 0.343 e. The van der Waals surface area contributed by atoms with E-state index in [1.807, 2.05) is 6.07 Å². The van der Waals surface area contributed by atoms with Gasteiger partial charge in [-0.05, 0) is 31.4 Å². The molecule has 0 radical (unpaired) electrons. The predicted octanol–water partition coefficient (Wildman–Crippen LogP) is 2.36. The summed E-state index contributed by atoms with van der Waals surface area (Å²) < 4.78 is 37.9. The lowest BCUT2D eigenvalue weighted by atomic mass is 9.95. The van der Waals surface area contributed by atoms with Gasteiger partial charge in [-0.2, -0.15) is 10.2 Å². The lowest BCUT2D eigenvalue weighted by Crippen LogP contribution is -2.45. The largest absolute Gasteiger partial charge is 0.467 e. The number of hydrogen-bond donors (Lipinski definition) is 0. The lowest BCUT2D eigenvalue weighted by molar-refractivity contribution is -0.131. The van der Waals surface area contributed by atoms with Gasteiger partial charge in [0.05, 0.1) is 24.5 Å². The summed E-state index contributed by atoms with van der Waals surface area (Å²) in [6, 6.07) is 12.0. The fraction of sp³-hybridized carbons (Fsp3) is 0.414. The summed E-state index contributed by atoms with van der Waals surface area (Å²) in [4.78, 5) is 45.6. The van der Waals surface area contributed by atoms with Crippen molar-refractivity contribution in [2.24, 2.45) is 5.92 Å². The Morgan fingerprint density at radius 2 is 1.86 bits per heavy atom. The van der Waals surface area contributed by atoms with Gasteiger partial charge < -0.3 is 19.3 Å². The molecule has 224 valence electrons. The van der Waals surface area contributed by atoms with E-state index >= 15 is 0 Å². The summed E-state index contributed by atoms with van der Waals surface area (Å²) in [5.74, 6) is -2.43. The fourth-order valence-corrected chi connectivity index (χ4v) is 5.92. The van der Waals surface area contributed by atoms with Gasteiger partial charge >= 0.3 is 5.97 Å². The van der Waals surface area contributed by atoms with Gasteiger partial charge in [-0.3, -0.25) is 9.59 Å². The van der Waals surface area contributed by atoms with Crippen LogP contribution in [0.3, 0.4) is 0 Å². The van der Waals surface area contributed by atoms with Gasteiger partial charge in [0.15, 0.2) is 12.4 Å². The third kappa shape index (κ3) is 7.85. The topological polar surface area (TPSA) is 150 Å². The number of anilines is 1. The number of likely N-dealkylation sites (N-methyl/N-ethyl adjacent to an activating group) is 1. The number of amides is 2. The molecule has 1 saturated heterocycles. The zero-order valence-corrected chi connectivity index (χ0v) is 24.8. The van der Waals surface area contributed by atoms with Crippen molar-refractivity contribution < 1.29 is 32.3 Å². The van der Waals surface area contributed by atoms with Gasteiger partial charge in [-0.25, -0.2) is 17.5 Å². The first-order valence-corrected chi connectivity index (χ1v) is 15.0. The Kier molecular flexibility index (Phi) is 11.0. The van der Waals surface area contributed by atoms with Crippen LogP contribution in [0.15, 0.2) is 49.1 Å². The highest BCUT2D eigenvalue weighted by Gasteiger charge is 2.35. The number of carbonyl (C=O) groups excluding carboxylic acids is 3. The molecule has 1 fully saturated rings. The van der Waals surface area contributed by atoms with Crippen LogP contribution in [-0.4, -0.2) is 87.3 Å². The van der Waals surface area contributed by atoms with E-state index in [2.05, 4.69) is 11.6 Å². The van der Waals surface area contributed by atoms with Crippen molar-refractivity contribution in [3.8, 4) is 11.9 Å². The molecule has 1 aromatic heterocycles. The number of esters is 1. The van der Waals surface area contributed by atoms with Crippen LogP contribution in [0.25, 0.3) is 0 Å². The smallest absolute Gasteiger partial charge is 0.343 e. The quantitative estimate of drug-likeness (QED) is 0.263. The first-order valence-electron chi connectivity index (χ1n) is 13.4. The number of aromatic nitrogens is 1. The number of benzene rings is 1. The second-order valence-corrected chi connectivity index (χ2v) is 11.7. The van der Waals surface area contributed by atoms with Crippen molar-refractivity contribution in [3.63, 3.8) is 0 Å².